The van der Waals surface area contributed by atoms with Gasteiger partial charge in [-0.3, -0.25) is 9.78 Å². The van der Waals surface area contributed by atoms with Crippen LogP contribution in [0.2, 0.25) is 0 Å². The molecule has 0 atom stereocenters. The minimum atomic E-state index is -0.233. The lowest BCUT2D eigenvalue weighted by atomic mass is 10.1. The van der Waals surface area contributed by atoms with Crippen LogP contribution in [0.3, 0.4) is 0 Å². The maximum absolute atomic E-state index is 11.6. The second-order valence-corrected chi connectivity index (χ2v) is 4.39. The average molecular weight is 206 g/mol. The van der Waals surface area contributed by atoms with Gasteiger partial charge in [-0.15, -0.1) is 0 Å². The van der Waals surface area contributed by atoms with E-state index in [4.69, 9.17) is 0 Å². The Morgan fingerprint density at radius 3 is 3.00 bits per heavy atom. The highest BCUT2D eigenvalue weighted by Gasteiger charge is 2.37. The van der Waals surface area contributed by atoms with Crippen LogP contribution in [-0.2, 0) is 0 Å². The SMILES string of the molecule is CC1(CNC(=O)c2ccncc2O)CC1. The Morgan fingerprint density at radius 1 is 1.67 bits per heavy atom. The topological polar surface area (TPSA) is 62.2 Å². The molecule has 1 amide bonds. The van der Waals surface area contributed by atoms with Crippen LogP contribution in [0.15, 0.2) is 18.5 Å². The van der Waals surface area contributed by atoms with Crippen molar-refractivity contribution >= 4 is 5.91 Å². The number of aromatic nitrogens is 1. The molecule has 1 aromatic rings. The molecule has 80 valence electrons. The van der Waals surface area contributed by atoms with E-state index >= 15 is 0 Å². The molecule has 1 aromatic heterocycles. The minimum absolute atomic E-state index is 0.0732. The van der Waals surface area contributed by atoms with Crippen molar-refractivity contribution in [3.63, 3.8) is 0 Å². The van der Waals surface area contributed by atoms with Crippen LogP contribution in [-0.4, -0.2) is 22.5 Å². The monoisotopic (exact) mass is 206 g/mol. The van der Waals surface area contributed by atoms with Gasteiger partial charge in [0.2, 0.25) is 0 Å². The summed E-state index contributed by atoms with van der Waals surface area (Å²) in [6.07, 6.45) is 5.09. The molecule has 2 N–H and O–H groups in total. The number of hydrogen-bond donors (Lipinski definition) is 2. The Bertz CT molecular complexity index is 386. The summed E-state index contributed by atoms with van der Waals surface area (Å²) < 4.78 is 0. The molecular weight excluding hydrogens is 192 g/mol. The van der Waals surface area contributed by atoms with Crippen LogP contribution in [0.1, 0.15) is 30.1 Å². The lowest BCUT2D eigenvalue weighted by Gasteiger charge is -2.10. The number of aromatic hydroxyl groups is 1. The summed E-state index contributed by atoms with van der Waals surface area (Å²) in [5.41, 5.74) is 0.562. The largest absolute Gasteiger partial charge is 0.505 e. The number of pyridine rings is 1. The van der Waals surface area contributed by atoms with Crippen LogP contribution >= 0.6 is 0 Å². The van der Waals surface area contributed by atoms with E-state index in [1.54, 1.807) is 0 Å². The van der Waals surface area contributed by atoms with Crippen molar-refractivity contribution in [1.82, 2.24) is 10.3 Å². The van der Waals surface area contributed by atoms with Gasteiger partial charge in [-0.25, -0.2) is 0 Å². The van der Waals surface area contributed by atoms with Gasteiger partial charge in [-0.05, 0) is 24.3 Å². The number of rotatable bonds is 3. The third kappa shape index (κ3) is 2.26. The Morgan fingerprint density at radius 2 is 2.40 bits per heavy atom. The van der Waals surface area contributed by atoms with Gasteiger partial charge in [0.25, 0.3) is 5.91 Å². The van der Waals surface area contributed by atoms with Crippen LogP contribution in [0, 0.1) is 5.41 Å². The van der Waals surface area contributed by atoms with Crippen LogP contribution < -0.4 is 5.32 Å². The van der Waals surface area contributed by atoms with E-state index in [2.05, 4.69) is 17.2 Å². The first kappa shape index (κ1) is 9.96. The molecule has 1 fully saturated rings. The second kappa shape index (κ2) is 3.53. The molecule has 1 aliphatic rings. The van der Waals surface area contributed by atoms with Gasteiger partial charge in [0.1, 0.15) is 5.75 Å². The van der Waals surface area contributed by atoms with E-state index in [0.717, 1.165) is 12.8 Å². The molecular formula is C11H14N2O2. The summed E-state index contributed by atoms with van der Waals surface area (Å²) in [6, 6.07) is 1.51. The second-order valence-electron chi connectivity index (χ2n) is 4.39. The van der Waals surface area contributed by atoms with Gasteiger partial charge in [-0.1, -0.05) is 6.92 Å². The molecule has 15 heavy (non-hydrogen) atoms. The molecule has 0 unspecified atom stereocenters. The normalized spacial score (nSPS) is 17.1. The van der Waals surface area contributed by atoms with E-state index in [-0.39, 0.29) is 22.6 Å². The number of nitrogens with one attached hydrogen (secondary N) is 1. The Balaban J connectivity index is 1.99. The number of carbonyl (C=O) groups is 1. The van der Waals surface area contributed by atoms with Gasteiger partial charge in [0, 0.05) is 12.7 Å². The van der Waals surface area contributed by atoms with Gasteiger partial charge >= 0.3 is 0 Å². The molecule has 1 saturated carbocycles. The van der Waals surface area contributed by atoms with Gasteiger partial charge in [0.15, 0.2) is 0 Å². The molecule has 0 radical (unpaired) electrons. The summed E-state index contributed by atoms with van der Waals surface area (Å²) in [5.74, 6) is -0.307. The number of nitrogens with zero attached hydrogens (tertiary/aromatic N) is 1. The molecule has 4 nitrogen and oxygen atoms in total. The summed E-state index contributed by atoms with van der Waals surface area (Å²) in [6.45, 7) is 2.81. The number of hydrogen-bond acceptors (Lipinski definition) is 3. The zero-order chi connectivity index (χ0) is 10.9. The van der Waals surface area contributed by atoms with E-state index in [1.807, 2.05) is 0 Å². The Hall–Kier alpha value is -1.58. The highest BCUT2D eigenvalue weighted by atomic mass is 16.3. The molecule has 1 heterocycles. The van der Waals surface area contributed by atoms with Crippen molar-refractivity contribution in [2.45, 2.75) is 19.8 Å². The first-order chi connectivity index (χ1) is 7.11. The zero-order valence-electron chi connectivity index (χ0n) is 8.66. The predicted octanol–water partition coefficient (Wildman–Crippen LogP) is 1.32. The Labute approximate surface area is 88.3 Å². The summed E-state index contributed by atoms with van der Waals surface area (Å²) in [4.78, 5) is 15.4. The lowest BCUT2D eigenvalue weighted by Crippen LogP contribution is -2.29. The van der Waals surface area contributed by atoms with E-state index in [9.17, 15) is 9.90 Å². The predicted molar refractivity (Wildman–Crippen MR) is 55.6 cm³/mol. The molecule has 0 spiro atoms. The average Bonchev–Trinajstić information content (AvgIpc) is 2.95. The smallest absolute Gasteiger partial charge is 0.255 e. The van der Waals surface area contributed by atoms with Crippen LogP contribution in [0.4, 0.5) is 0 Å². The number of amides is 1. The summed E-state index contributed by atoms with van der Waals surface area (Å²) in [5, 5.41) is 12.2. The zero-order valence-corrected chi connectivity index (χ0v) is 8.66. The molecule has 2 rings (SSSR count). The minimum Gasteiger partial charge on any atom is -0.505 e. The highest BCUT2D eigenvalue weighted by molar-refractivity contribution is 5.96. The van der Waals surface area contributed by atoms with Crippen LogP contribution in [0.5, 0.6) is 5.75 Å². The fourth-order valence-electron chi connectivity index (χ4n) is 1.36. The quantitative estimate of drug-likeness (QED) is 0.784. The third-order valence-corrected chi connectivity index (χ3v) is 2.82. The van der Waals surface area contributed by atoms with E-state index in [1.165, 1.54) is 18.5 Å². The van der Waals surface area contributed by atoms with Crippen molar-refractivity contribution in [1.29, 1.82) is 0 Å². The summed E-state index contributed by atoms with van der Waals surface area (Å²) in [7, 11) is 0. The van der Waals surface area contributed by atoms with Gasteiger partial charge in [0.05, 0.1) is 11.8 Å². The summed E-state index contributed by atoms with van der Waals surface area (Å²) >= 11 is 0. The molecule has 1 aliphatic carbocycles. The molecule has 4 heteroatoms. The van der Waals surface area contributed by atoms with Crippen molar-refractivity contribution in [3.05, 3.63) is 24.0 Å². The molecule has 0 bridgehead atoms. The first-order valence-electron chi connectivity index (χ1n) is 5.02. The Kier molecular flexibility index (Phi) is 2.34. The molecule has 0 saturated heterocycles. The number of carbonyl (C=O) groups excluding carboxylic acids is 1. The fourth-order valence-corrected chi connectivity index (χ4v) is 1.36. The highest BCUT2D eigenvalue weighted by Crippen LogP contribution is 2.44. The maximum atomic E-state index is 11.6. The van der Waals surface area contributed by atoms with Crippen molar-refractivity contribution in [2.24, 2.45) is 5.41 Å². The fraction of sp³-hybridized carbons (Fsp3) is 0.455. The van der Waals surface area contributed by atoms with Gasteiger partial charge < -0.3 is 10.4 Å². The van der Waals surface area contributed by atoms with E-state index in [0.29, 0.717) is 6.54 Å². The van der Waals surface area contributed by atoms with Crippen LogP contribution in [0.25, 0.3) is 0 Å². The van der Waals surface area contributed by atoms with E-state index < -0.39 is 0 Å². The van der Waals surface area contributed by atoms with Crippen molar-refractivity contribution < 1.29 is 9.90 Å². The first-order valence-corrected chi connectivity index (χ1v) is 5.02. The van der Waals surface area contributed by atoms with Crippen molar-refractivity contribution in [2.75, 3.05) is 6.54 Å². The molecule has 0 aromatic carbocycles. The van der Waals surface area contributed by atoms with Crippen molar-refractivity contribution in [3.8, 4) is 5.75 Å². The molecule has 0 aliphatic heterocycles. The lowest BCUT2D eigenvalue weighted by molar-refractivity contribution is 0.0943. The maximum Gasteiger partial charge on any atom is 0.255 e. The third-order valence-electron chi connectivity index (χ3n) is 2.82. The standard InChI is InChI=1S/C11H14N2O2/c1-11(3-4-11)7-13-10(15)8-2-5-12-6-9(8)14/h2,5-6,14H,3-4,7H2,1H3,(H,13,15). The van der Waals surface area contributed by atoms with Gasteiger partial charge in [-0.2, -0.15) is 0 Å².